The van der Waals surface area contributed by atoms with Gasteiger partial charge >= 0.3 is 6.09 Å². The van der Waals surface area contributed by atoms with Gasteiger partial charge in [0.05, 0.1) is 0 Å². The lowest BCUT2D eigenvalue weighted by molar-refractivity contribution is -0.118. The van der Waals surface area contributed by atoms with E-state index in [1.807, 2.05) is 76.6 Å². The molecule has 8 nitrogen and oxygen atoms in total. The molecule has 1 aliphatic heterocycles. The second-order valence-corrected chi connectivity index (χ2v) is 10.2. The van der Waals surface area contributed by atoms with E-state index in [-0.39, 0.29) is 12.0 Å². The zero-order chi connectivity index (χ0) is 25.3. The molecule has 2 amide bonds. The molecule has 1 fully saturated rings. The number of nitrogens with zero attached hydrogens (tertiary/aromatic N) is 4. The fourth-order valence-electron chi connectivity index (χ4n) is 4.32. The summed E-state index contributed by atoms with van der Waals surface area (Å²) in [6, 6.07) is 9.61. The van der Waals surface area contributed by atoms with Gasteiger partial charge < -0.3 is 24.4 Å². The Hall–Kier alpha value is -3.55. The smallest absolute Gasteiger partial charge is 0.410 e. The molecule has 1 atom stereocenters. The minimum absolute atomic E-state index is 0.0949. The lowest BCUT2D eigenvalue weighted by Gasteiger charge is -2.37. The summed E-state index contributed by atoms with van der Waals surface area (Å²) in [5, 5.41) is 4.17. The van der Waals surface area contributed by atoms with Crippen molar-refractivity contribution in [3.63, 3.8) is 0 Å². The maximum Gasteiger partial charge on any atom is 0.410 e. The van der Waals surface area contributed by atoms with Crippen molar-refractivity contribution in [1.82, 2.24) is 14.5 Å². The average molecular weight is 478 g/mol. The van der Waals surface area contributed by atoms with E-state index < -0.39 is 11.6 Å². The van der Waals surface area contributed by atoms with Crippen LogP contribution in [-0.4, -0.2) is 58.2 Å². The summed E-state index contributed by atoms with van der Waals surface area (Å²) in [7, 11) is 0. The van der Waals surface area contributed by atoms with E-state index in [0.717, 1.165) is 33.5 Å². The van der Waals surface area contributed by atoms with Crippen LogP contribution in [0.2, 0.25) is 0 Å². The van der Waals surface area contributed by atoms with Gasteiger partial charge in [0.15, 0.2) is 0 Å². The number of aromatic nitrogens is 2. The molecular formula is C27H35N5O3. The number of piperazine rings is 1. The molecule has 0 aliphatic carbocycles. The van der Waals surface area contributed by atoms with Crippen LogP contribution < -0.4 is 10.2 Å². The first-order chi connectivity index (χ1) is 16.5. The number of carbonyl (C=O) groups is 2. The van der Waals surface area contributed by atoms with Crippen LogP contribution in [0.4, 0.5) is 16.2 Å². The van der Waals surface area contributed by atoms with Crippen LogP contribution in [-0.2, 0) is 9.53 Å². The summed E-state index contributed by atoms with van der Waals surface area (Å²) in [5.74, 6) is -0.0949. The van der Waals surface area contributed by atoms with Crippen LogP contribution in [0.15, 0.2) is 42.7 Å². The molecule has 0 spiro atoms. The van der Waals surface area contributed by atoms with Gasteiger partial charge in [-0.2, -0.15) is 0 Å². The Balaban J connectivity index is 1.44. The number of pyridine rings is 1. The molecule has 1 aromatic carbocycles. The summed E-state index contributed by atoms with van der Waals surface area (Å²) < 4.78 is 7.42. The van der Waals surface area contributed by atoms with Gasteiger partial charge in [0.25, 0.3) is 0 Å². The van der Waals surface area contributed by atoms with E-state index in [1.165, 1.54) is 0 Å². The van der Waals surface area contributed by atoms with Gasteiger partial charge in [-0.15, -0.1) is 0 Å². The Labute approximate surface area is 206 Å². The van der Waals surface area contributed by atoms with E-state index in [0.29, 0.717) is 26.2 Å². The summed E-state index contributed by atoms with van der Waals surface area (Å²) >= 11 is 0. The predicted molar refractivity (Wildman–Crippen MR) is 139 cm³/mol. The average Bonchev–Trinajstić information content (AvgIpc) is 3.15. The van der Waals surface area contributed by atoms with Crippen LogP contribution in [0.25, 0.3) is 11.0 Å². The van der Waals surface area contributed by atoms with Gasteiger partial charge in [-0.05, 0) is 76.9 Å². The molecule has 8 heteroatoms. The Morgan fingerprint density at radius 3 is 2.46 bits per heavy atom. The summed E-state index contributed by atoms with van der Waals surface area (Å²) in [4.78, 5) is 34.0. The van der Waals surface area contributed by atoms with Crippen molar-refractivity contribution < 1.29 is 14.3 Å². The van der Waals surface area contributed by atoms with Crippen molar-refractivity contribution in [2.75, 3.05) is 36.4 Å². The second-order valence-electron chi connectivity index (χ2n) is 10.2. The predicted octanol–water partition coefficient (Wildman–Crippen LogP) is 4.91. The van der Waals surface area contributed by atoms with E-state index >= 15 is 0 Å². The van der Waals surface area contributed by atoms with Crippen LogP contribution in [0.3, 0.4) is 0 Å². The highest BCUT2D eigenvalue weighted by Crippen LogP contribution is 2.27. The molecule has 3 aromatic rings. The topological polar surface area (TPSA) is 79.7 Å². The van der Waals surface area contributed by atoms with Crippen molar-refractivity contribution >= 4 is 34.4 Å². The molecule has 1 saturated heterocycles. The van der Waals surface area contributed by atoms with Gasteiger partial charge in [-0.25, -0.2) is 9.78 Å². The first-order valence-corrected chi connectivity index (χ1v) is 12.1. The normalized spacial score (nSPS) is 15.3. The van der Waals surface area contributed by atoms with E-state index in [9.17, 15) is 9.59 Å². The number of hydrogen-bond acceptors (Lipinski definition) is 5. The van der Waals surface area contributed by atoms with Crippen molar-refractivity contribution in [3.05, 3.63) is 53.9 Å². The first-order valence-electron chi connectivity index (χ1n) is 12.1. The lowest BCUT2D eigenvalue weighted by Crippen LogP contribution is -2.50. The Morgan fingerprint density at radius 2 is 1.77 bits per heavy atom. The minimum Gasteiger partial charge on any atom is -0.444 e. The molecule has 35 heavy (non-hydrogen) atoms. The minimum atomic E-state index is -0.503. The molecule has 0 bridgehead atoms. The van der Waals surface area contributed by atoms with Crippen LogP contribution in [0, 0.1) is 13.8 Å². The Kier molecular flexibility index (Phi) is 6.74. The molecule has 0 radical (unpaired) electrons. The monoisotopic (exact) mass is 477 g/mol. The highest BCUT2D eigenvalue weighted by Gasteiger charge is 2.26. The quantitative estimate of drug-likeness (QED) is 0.578. The number of nitrogens with one attached hydrogen (secondary N) is 1. The van der Waals surface area contributed by atoms with Gasteiger partial charge in [-0.1, -0.05) is 6.07 Å². The number of aryl methyl sites for hydroxylation is 2. The van der Waals surface area contributed by atoms with E-state index in [2.05, 4.69) is 21.3 Å². The van der Waals surface area contributed by atoms with Crippen LogP contribution in [0.1, 0.15) is 44.9 Å². The van der Waals surface area contributed by atoms with Gasteiger partial charge in [0.1, 0.15) is 17.3 Å². The molecule has 0 saturated carbocycles. The van der Waals surface area contributed by atoms with Gasteiger partial charge in [0, 0.05) is 55.3 Å². The van der Waals surface area contributed by atoms with Crippen LogP contribution >= 0.6 is 0 Å². The number of hydrogen-bond donors (Lipinski definition) is 1. The number of fused-ring (bicyclic) bond motifs is 1. The number of ether oxygens (including phenoxy) is 1. The molecule has 1 aliphatic rings. The SMILES string of the molecule is Cc1ccc(N2CCN(C(=O)OC(C)(C)C)CC2)cc1NC(=O)C(C)n1cc(C)c2cccnc21. The third-order valence-electron chi connectivity index (χ3n) is 6.36. The number of rotatable bonds is 4. The second kappa shape index (κ2) is 9.60. The molecule has 1 N–H and O–H groups in total. The molecule has 3 heterocycles. The molecule has 4 rings (SSSR count). The van der Waals surface area contributed by atoms with Crippen molar-refractivity contribution in [3.8, 4) is 0 Å². The molecule has 2 aromatic heterocycles. The van der Waals surface area contributed by atoms with E-state index in [4.69, 9.17) is 4.74 Å². The first kappa shape index (κ1) is 24.6. The summed E-state index contributed by atoms with van der Waals surface area (Å²) in [6.45, 7) is 14.1. The maximum atomic E-state index is 13.2. The Morgan fingerprint density at radius 1 is 1.06 bits per heavy atom. The number of benzene rings is 1. The fraction of sp³-hybridized carbons (Fsp3) is 0.444. The highest BCUT2D eigenvalue weighted by molar-refractivity contribution is 5.96. The zero-order valence-electron chi connectivity index (χ0n) is 21.5. The van der Waals surface area contributed by atoms with Gasteiger partial charge in [-0.3, -0.25) is 4.79 Å². The zero-order valence-corrected chi connectivity index (χ0v) is 21.5. The maximum absolute atomic E-state index is 13.2. The molecule has 186 valence electrons. The van der Waals surface area contributed by atoms with Crippen molar-refractivity contribution in [1.29, 1.82) is 0 Å². The summed E-state index contributed by atoms with van der Waals surface area (Å²) in [6.07, 6.45) is 3.46. The van der Waals surface area contributed by atoms with Crippen molar-refractivity contribution in [2.24, 2.45) is 0 Å². The standard InChI is InChI=1S/C27H35N5O3/c1-18-9-10-21(30-12-14-31(15-13-30)26(34)35-27(4,5)6)16-23(18)29-25(33)20(3)32-17-19(2)22-8-7-11-28-24(22)32/h7-11,16-17,20H,12-15H2,1-6H3,(H,29,33). The summed E-state index contributed by atoms with van der Waals surface area (Å²) in [5.41, 5.74) is 4.20. The number of carbonyl (C=O) groups excluding carboxylic acids is 2. The fourth-order valence-corrected chi connectivity index (χ4v) is 4.32. The lowest BCUT2D eigenvalue weighted by atomic mass is 10.1. The third-order valence-corrected chi connectivity index (χ3v) is 6.36. The third kappa shape index (κ3) is 5.42. The number of amides is 2. The Bertz CT molecular complexity index is 1240. The van der Waals surface area contributed by atoms with Gasteiger partial charge in [0.2, 0.25) is 5.91 Å². The van der Waals surface area contributed by atoms with Crippen molar-refractivity contribution in [2.45, 2.75) is 53.2 Å². The highest BCUT2D eigenvalue weighted by atomic mass is 16.6. The van der Waals surface area contributed by atoms with E-state index in [1.54, 1.807) is 11.1 Å². The molecular weight excluding hydrogens is 442 g/mol. The molecule has 1 unspecified atom stereocenters. The largest absolute Gasteiger partial charge is 0.444 e. The number of anilines is 2. The van der Waals surface area contributed by atoms with Crippen LogP contribution in [0.5, 0.6) is 0 Å².